The Balaban J connectivity index is 2.14. The molecular weight excluding hydrogens is 309 g/mol. The van der Waals surface area contributed by atoms with E-state index in [1.807, 2.05) is 0 Å². The smallest absolute Gasteiger partial charge is 0.390 e. The van der Waals surface area contributed by atoms with Gasteiger partial charge in [-0.25, -0.2) is 9.36 Å². The topological polar surface area (TPSA) is 151 Å². The Morgan fingerprint density at radius 3 is 2.86 bits per heavy atom. The summed E-state index contributed by atoms with van der Waals surface area (Å²) in [6, 6.07) is 0. The first-order valence-corrected chi connectivity index (χ1v) is 7.56. The summed E-state index contributed by atoms with van der Waals surface area (Å²) in [4.78, 5) is 42.3. The van der Waals surface area contributed by atoms with Crippen LogP contribution in [0, 0.1) is 6.92 Å². The van der Waals surface area contributed by atoms with Gasteiger partial charge in [-0.2, -0.15) is 0 Å². The Bertz CT molecular complexity index is 676. The van der Waals surface area contributed by atoms with Gasteiger partial charge in [-0.15, -0.1) is 0 Å². The lowest BCUT2D eigenvalue weighted by Crippen LogP contribution is -2.33. The van der Waals surface area contributed by atoms with Crippen LogP contribution in [0.2, 0.25) is 0 Å². The molecule has 0 unspecified atom stereocenters. The third kappa shape index (κ3) is 3.88. The number of aromatic amines is 1. The second kappa shape index (κ2) is 5.84. The number of H-pyrrole nitrogens is 1. The number of aliphatic hydroxyl groups is 1. The monoisotopic (exact) mass is 324 g/mol. The van der Waals surface area contributed by atoms with Crippen LogP contribution < -0.4 is 11.2 Å². The van der Waals surface area contributed by atoms with Crippen molar-refractivity contribution in [2.45, 2.75) is 31.8 Å². The van der Waals surface area contributed by atoms with Gasteiger partial charge in [-0.05, 0) is 6.92 Å². The molecule has 1 aromatic rings. The zero-order valence-electron chi connectivity index (χ0n) is 11.0. The van der Waals surface area contributed by atoms with E-state index < -0.39 is 44.1 Å². The number of hydrogen-bond acceptors (Lipinski definition) is 6. The van der Waals surface area contributed by atoms with Crippen LogP contribution in [0.5, 0.6) is 0 Å². The number of aromatic nitrogens is 2. The second-order valence-electron chi connectivity index (χ2n) is 4.70. The molecule has 4 N–H and O–H groups in total. The molecule has 1 aliphatic heterocycles. The lowest BCUT2D eigenvalue weighted by Gasteiger charge is -2.16. The number of hydrogen-bond donors (Lipinski definition) is 4. The Hall–Kier alpha value is -1.29. The fourth-order valence-corrected chi connectivity index (χ4v) is 2.35. The maximum atomic E-state index is 11.7. The Morgan fingerprint density at radius 1 is 1.57 bits per heavy atom. The van der Waals surface area contributed by atoms with Gasteiger partial charge < -0.3 is 19.6 Å². The maximum absolute atomic E-state index is 11.7. The molecule has 21 heavy (non-hydrogen) atoms. The lowest BCUT2D eigenvalue weighted by atomic mass is 10.2. The van der Waals surface area contributed by atoms with E-state index in [2.05, 4.69) is 9.51 Å². The van der Waals surface area contributed by atoms with Crippen molar-refractivity contribution < 1.29 is 28.7 Å². The minimum absolute atomic E-state index is 0.0283. The summed E-state index contributed by atoms with van der Waals surface area (Å²) < 4.78 is 21.4. The number of phosphoric ester groups is 1. The van der Waals surface area contributed by atoms with Crippen molar-refractivity contribution >= 4 is 7.82 Å². The number of nitrogens with zero attached hydrogens (tertiary/aromatic N) is 1. The molecule has 3 atom stereocenters. The van der Waals surface area contributed by atoms with Crippen LogP contribution in [-0.4, -0.2) is 43.3 Å². The molecule has 0 bridgehead atoms. The molecule has 118 valence electrons. The highest BCUT2D eigenvalue weighted by Gasteiger charge is 2.37. The normalized spacial score (nSPS) is 26.2. The minimum atomic E-state index is -4.67. The highest BCUT2D eigenvalue weighted by atomic mass is 31.2. The highest BCUT2D eigenvalue weighted by Crippen LogP contribution is 2.38. The van der Waals surface area contributed by atoms with Gasteiger partial charge in [0.2, 0.25) is 0 Å². The molecule has 11 heteroatoms. The van der Waals surface area contributed by atoms with Gasteiger partial charge in [0.05, 0.1) is 12.7 Å². The SMILES string of the molecule is Cc1cn([14C@H]2C[C@H](O)[C@@H](COP(=O)(O)O)O2)c(=O)[nH]c1=O. The lowest BCUT2D eigenvalue weighted by molar-refractivity contribution is -0.0451. The molecule has 0 radical (unpaired) electrons. The molecule has 0 saturated carbocycles. The fourth-order valence-electron chi connectivity index (χ4n) is 2.01. The van der Waals surface area contributed by atoms with E-state index in [1.54, 1.807) is 0 Å². The van der Waals surface area contributed by atoms with Gasteiger partial charge in [0, 0.05) is 18.2 Å². The molecule has 1 fully saturated rings. The average molecular weight is 324 g/mol. The van der Waals surface area contributed by atoms with E-state index in [-0.39, 0.29) is 6.42 Å². The minimum Gasteiger partial charge on any atom is -0.390 e. The van der Waals surface area contributed by atoms with Gasteiger partial charge >= 0.3 is 13.5 Å². The molecule has 1 aromatic heterocycles. The van der Waals surface area contributed by atoms with Crippen molar-refractivity contribution in [2.24, 2.45) is 0 Å². The second-order valence-corrected chi connectivity index (χ2v) is 5.94. The molecule has 0 aliphatic carbocycles. The van der Waals surface area contributed by atoms with Crippen LogP contribution in [0.1, 0.15) is 18.2 Å². The molecular formula is C10H15N2O8P. The van der Waals surface area contributed by atoms with Gasteiger partial charge in [0.1, 0.15) is 12.3 Å². The molecule has 1 saturated heterocycles. The summed E-state index contributed by atoms with van der Waals surface area (Å²) in [5.74, 6) is 0. The quantitative estimate of drug-likeness (QED) is 0.494. The summed E-state index contributed by atoms with van der Waals surface area (Å²) in [7, 11) is -4.67. The van der Waals surface area contributed by atoms with Crippen molar-refractivity contribution in [1.29, 1.82) is 0 Å². The van der Waals surface area contributed by atoms with Gasteiger partial charge in [-0.1, -0.05) is 0 Å². The van der Waals surface area contributed by atoms with E-state index in [4.69, 9.17) is 14.5 Å². The molecule has 2 heterocycles. The highest BCUT2D eigenvalue weighted by molar-refractivity contribution is 7.46. The molecule has 1 aliphatic rings. The van der Waals surface area contributed by atoms with Crippen LogP contribution in [0.3, 0.4) is 0 Å². The van der Waals surface area contributed by atoms with Crippen LogP contribution in [0.15, 0.2) is 15.8 Å². The Labute approximate surface area is 118 Å². The number of phosphoric acid groups is 1. The predicted octanol–water partition coefficient (Wildman–Crippen LogP) is -1.40. The van der Waals surface area contributed by atoms with Crippen LogP contribution >= 0.6 is 7.82 Å². The van der Waals surface area contributed by atoms with E-state index in [0.29, 0.717) is 5.56 Å². The summed E-state index contributed by atoms with van der Waals surface area (Å²) in [6.07, 6.45) is -1.57. The fraction of sp³-hybridized carbons (Fsp3) is 0.600. The van der Waals surface area contributed by atoms with Gasteiger partial charge in [0.15, 0.2) is 0 Å². The van der Waals surface area contributed by atoms with Crippen molar-refractivity contribution in [1.82, 2.24) is 9.55 Å². The predicted molar refractivity (Wildman–Crippen MR) is 68.6 cm³/mol. The largest absolute Gasteiger partial charge is 0.469 e. The third-order valence-electron chi connectivity index (χ3n) is 3.07. The number of ether oxygens (including phenoxy) is 1. The van der Waals surface area contributed by atoms with Crippen LogP contribution in [-0.2, 0) is 13.8 Å². The van der Waals surface area contributed by atoms with Crippen LogP contribution in [0.4, 0.5) is 0 Å². The number of nitrogens with one attached hydrogen (secondary N) is 1. The van der Waals surface area contributed by atoms with E-state index in [1.165, 1.54) is 13.1 Å². The molecule has 10 nitrogen and oxygen atoms in total. The zero-order valence-corrected chi connectivity index (χ0v) is 11.9. The zero-order chi connectivity index (χ0) is 15.8. The van der Waals surface area contributed by atoms with Crippen LogP contribution in [0.25, 0.3) is 0 Å². The third-order valence-corrected chi connectivity index (χ3v) is 3.55. The first-order valence-electron chi connectivity index (χ1n) is 6.03. The molecule has 2 rings (SSSR count). The Kier molecular flexibility index (Phi) is 4.47. The summed E-state index contributed by atoms with van der Waals surface area (Å²) in [5.41, 5.74) is -0.918. The van der Waals surface area contributed by atoms with Crippen molar-refractivity contribution in [3.63, 3.8) is 0 Å². The average Bonchev–Trinajstić information content (AvgIpc) is 2.72. The molecule has 0 spiro atoms. The van der Waals surface area contributed by atoms with Gasteiger partial charge in [0.25, 0.3) is 5.56 Å². The van der Waals surface area contributed by atoms with Crippen molar-refractivity contribution in [2.75, 3.05) is 6.61 Å². The van der Waals surface area contributed by atoms with E-state index in [0.717, 1.165) is 4.57 Å². The summed E-state index contributed by atoms with van der Waals surface area (Å²) >= 11 is 0. The van der Waals surface area contributed by atoms with E-state index >= 15 is 0 Å². The molecule has 0 amide bonds. The van der Waals surface area contributed by atoms with E-state index in [9.17, 15) is 19.3 Å². The first-order chi connectivity index (χ1) is 9.67. The number of aliphatic hydroxyl groups excluding tert-OH is 1. The summed E-state index contributed by atoms with van der Waals surface area (Å²) in [6.45, 7) is 0.994. The number of rotatable bonds is 4. The molecule has 0 aromatic carbocycles. The standard InChI is InChI=1S/C10H15N2O8P/c1-5-3-12(10(15)11-9(5)14)8-2-6(13)7(20-8)4-19-21(16,17)18/h3,6-8,13H,2,4H2,1H3,(H,11,14,15)(H2,16,17,18)/t6-,7+,8+/m0/s1/i8+2. The van der Waals surface area contributed by atoms with Gasteiger partial charge in [-0.3, -0.25) is 18.9 Å². The van der Waals surface area contributed by atoms with Crippen molar-refractivity contribution in [3.05, 3.63) is 32.6 Å². The Morgan fingerprint density at radius 2 is 2.24 bits per heavy atom. The maximum Gasteiger partial charge on any atom is 0.469 e. The first kappa shape index (κ1) is 16.1. The number of aryl methyl sites for hydroxylation is 1. The summed E-state index contributed by atoms with van der Waals surface area (Å²) in [5, 5.41) is 9.79. The van der Waals surface area contributed by atoms with Crippen molar-refractivity contribution in [3.8, 4) is 0 Å².